The van der Waals surface area contributed by atoms with Gasteiger partial charge in [0.05, 0.1) is 17.0 Å². The molecule has 0 aliphatic rings. The molecule has 0 aromatic heterocycles. The van der Waals surface area contributed by atoms with Gasteiger partial charge in [0.2, 0.25) is 5.91 Å². The molecule has 3 rings (SSSR count). The quantitative estimate of drug-likeness (QED) is 0.132. The Morgan fingerprint density at radius 3 is 1.80 bits per heavy atom. The summed E-state index contributed by atoms with van der Waals surface area (Å²) in [4.78, 5) is 13.4. The molecule has 0 bridgehead atoms. The van der Waals surface area contributed by atoms with Crippen LogP contribution in [-0.2, 0) is 21.1 Å². The molecular weight excluding hydrogens is 634 g/mol. The molecule has 0 radical (unpaired) electrons. The van der Waals surface area contributed by atoms with Crippen molar-refractivity contribution in [2.75, 3.05) is 6.26 Å². The van der Waals surface area contributed by atoms with Crippen LogP contribution in [0, 0.1) is 0 Å². The van der Waals surface area contributed by atoms with Gasteiger partial charge in [-0.3, -0.25) is 10.1 Å². The van der Waals surface area contributed by atoms with Gasteiger partial charge in [0.25, 0.3) is 6.43 Å². The van der Waals surface area contributed by atoms with E-state index in [1.165, 1.54) is 66.7 Å². The number of nitrogens with one attached hydrogen (secondary N) is 2. The first-order valence-corrected chi connectivity index (χ1v) is 16.1. The fraction of sp³-hybridized carbons (Fsp3) is 0.364. The van der Waals surface area contributed by atoms with Crippen LogP contribution in [0.2, 0.25) is 0 Å². The van der Waals surface area contributed by atoms with E-state index >= 15 is 0 Å². The summed E-state index contributed by atoms with van der Waals surface area (Å²) >= 11 is 0. The highest BCUT2D eigenvalue weighted by Crippen LogP contribution is 2.35. The van der Waals surface area contributed by atoms with E-state index in [1.807, 2.05) is 0 Å². The van der Waals surface area contributed by atoms with Crippen molar-refractivity contribution >= 4 is 15.7 Å². The summed E-state index contributed by atoms with van der Waals surface area (Å²) in [7, 11) is -3.43. The first-order chi connectivity index (χ1) is 21.3. The number of halogens is 6. The summed E-state index contributed by atoms with van der Waals surface area (Å²) in [6, 6.07) is 11.8. The molecule has 0 unspecified atom stereocenters. The predicted molar refractivity (Wildman–Crippen MR) is 164 cm³/mol. The van der Waals surface area contributed by atoms with Crippen LogP contribution in [0.15, 0.2) is 90.3 Å². The van der Waals surface area contributed by atoms with Crippen molar-refractivity contribution < 1.29 is 44.7 Å². The van der Waals surface area contributed by atoms with E-state index in [2.05, 4.69) is 17.2 Å². The fourth-order valence-electron chi connectivity index (χ4n) is 4.78. The zero-order valence-corrected chi connectivity index (χ0v) is 26.2. The van der Waals surface area contributed by atoms with Crippen molar-refractivity contribution in [3.05, 3.63) is 102 Å². The number of amides is 1. The van der Waals surface area contributed by atoms with Crippen LogP contribution < -0.4 is 10.6 Å². The van der Waals surface area contributed by atoms with E-state index in [4.69, 9.17) is 0 Å². The van der Waals surface area contributed by atoms with Gasteiger partial charge < -0.3 is 10.4 Å². The number of hydrogen-bond acceptors (Lipinski definition) is 5. The highest BCUT2D eigenvalue weighted by atomic mass is 32.2. The third-order valence-electron chi connectivity index (χ3n) is 7.19. The Labute approximate surface area is 264 Å². The molecule has 0 saturated carbocycles. The van der Waals surface area contributed by atoms with E-state index in [-0.39, 0.29) is 22.4 Å². The van der Waals surface area contributed by atoms with E-state index in [0.29, 0.717) is 16.7 Å². The second-order valence-corrected chi connectivity index (χ2v) is 13.6. The number of carbonyl (C=O) groups excluding carboxylic acids is 1. The Balaban J connectivity index is 1.82. The first kappa shape index (κ1) is 36.8. The van der Waals surface area contributed by atoms with Crippen LogP contribution in [0.1, 0.15) is 49.1 Å². The molecule has 0 heterocycles. The Bertz CT molecular complexity index is 1570. The number of aliphatic hydroxyl groups is 1. The van der Waals surface area contributed by atoms with Crippen LogP contribution in [0.5, 0.6) is 0 Å². The van der Waals surface area contributed by atoms with E-state index < -0.39 is 64.7 Å². The fourth-order valence-corrected chi connectivity index (χ4v) is 5.41. The monoisotopic (exact) mass is 670 g/mol. The molecular formula is C33H36F6N2O4S. The molecule has 3 N–H and O–H groups in total. The lowest BCUT2D eigenvalue weighted by atomic mass is 9.95. The van der Waals surface area contributed by atoms with Crippen molar-refractivity contribution in [1.82, 2.24) is 10.6 Å². The third kappa shape index (κ3) is 10.4. The van der Waals surface area contributed by atoms with Crippen molar-refractivity contribution in [2.45, 2.75) is 74.1 Å². The molecule has 0 saturated heterocycles. The SMILES string of the molecule is C=C[C@H](Cc1ccc(S(C)(=O)=O)cc1)NC(=O)[C@H](CC(C)(C)F)N[C@@H](c1ccc(-c2ccc([C@@H](O)C(F)F)cc2)cc1)C(F)(F)F. The number of aliphatic hydroxyl groups excluding tert-OH is 1. The topological polar surface area (TPSA) is 95.5 Å². The molecule has 0 aliphatic heterocycles. The van der Waals surface area contributed by atoms with Crippen LogP contribution >= 0.6 is 0 Å². The molecule has 4 atom stereocenters. The summed E-state index contributed by atoms with van der Waals surface area (Å²) < 4.78 is 107. The second kappa shape index (κ2) is 14.8. The molecule has 0 fully saturated rings. The summed E-state index contributed by atoms with van der Waals surface area (Å²) in [6.45, 7) is 5.96. The summed E-state index contributed by atoms with van der Waals surface area (Å²) in [5.41, 5.74) is -0.681. The maximum absolute atomic E-state index is 14.8. The molecule has 250 valence electrons. The summed E-state index contributed by atoms with van der Waals surface area (Å²) in [5, 5.41) is 14.4. The van der Waals surface area contributed by atoms with Crippen LogP contribution in [-0.4, -0.2) is 56.0 Å². The standard InChI is InChI=1S/C33H36F6N2O4S/c1-5-25(18-20-6-16-26(17-7-20)46(4,44)45)40-31(43)27(19-32(2,3)36)41-29(33(37,38)39)24-14-10-22(11-15-24)21-8-12-23(13-9-21)28(42)30(34)35/h5-17,25,27-30,41-42H,1,18-19H2,2-4H3,(H,40,43)/t25-,27+,28-,29+/m1/s1. The molecule has 3 aromatic rings. The highest BCUT2D eigenvalue weighted by Gasteiger charge is 2.44. The highest BCUT2D eigenvalue weighted by molar-refractivity contribution is 7.90. The van der Waals surface area contributed by atoms with Gasteiger partial charge in [-0.05, 0) is 60.2 Å². The van der Waals surface area contributed by atoms with Crippen molar-refractivity contribution in [3.63, 3.8) is 0 Å². The average molecular weight is 671 g/mol. The Kier molecular flexibility index (Phi) is 11.9. The Morgan fingerprint density at radius 1 is 0.891 bits per heavy atom. The van der Waals surface area contributed by atoms with Crippen LogP contribution in [0.3, 0.4) is 0 Å². The van der Waals surface area contributed by atoms with Gasteiger partial charge in [0.15, 0.2) is 9.84 Å². The Morgan fingerprint density at radius 2 is 1.39 bits per heavy atom. The van der Waals surface area contributed by atoms with E-state index in [9.17, 15) is 44.7 Å². The lowest BCUT2D eigenvalue weighted by Crippen LogP contribution is -2.53. The summed E-state index contributed by atoms with van der Waals surface area (Å²) in [6.07, 6.45) is -7.83. The van der Waals surface area contributed by atoms with Crippen molar-refractivity contribution in [2.24, 2.45) is 0 Å². The van der Waals surface area contributed by atoms with Gasteiger partial charge in [0, 0.05) is 12.7 Å². The molecule has 0 spiro atoms. The number of sulfone groups is 1. The minimum Gasteiger partial charge on any atom is -0.382 e. The molecule has 0 aliphatic carbocycles. The van der Waals surface area contributed by atoms with Gasteiger partial charge in [-0.2, -0.15) is 13.2 Å². The van der Waals surface area contributed by atoms with Gasteiger partial charge in [-0.25, -0.2) is 21.6 Å². The van der Waals surface area contributed by atoms with Crippen LogP contribution in [0.25, 0.3) is 11.1 Å². The minimum absolute atomic E-state index is 0.0136. The van der Waals surface area contributed by atoms with Gasteiger partial charge >= 0.3 is 6.18 Å². The van der Waals surface area contributed by atoms with Gasteiger partial charge in [-0.1, -0.05) is 66.7 Å². The molecule has 13 heteroatoms. The second-order valence-electron chi connectivity index (χ2n) is 11.6. The minimum atomic E-state index is -4.88. The largest absolute Gasteiger partial charge is 0.407 e. The molecule has 3 aromatic carbocycles. The Hall–Kier alpha value is -3.68. The number of carbonyl (C=O) groups is 1. The zero-order chi connectivity index (χ0) is 34.4. The third-order valence-corrected chi connectivity index (χ3v) is 8.32. The van der Waals surface area contributed by atoms with Gasteiger partial charge in [-0.15, -0.1) is 6.58 Å². The molecule has 6 nitrogen and oxygen atoms in total. The van der Waals surface area contributed by atoms with Crippen LogP contribution in [0.4, 0.5) is 26.3 Å². The molecule has 1 amide bonds. The predicted octanol–water partition coefficient (Wildman–Crippen LogP) is 6.67. The number of hydrogen-bond donors (Lipinski definition) is 3. The lowest BCUT2D eigenvalue weighted by molar-refractivity contribution is -0.161. The number of alkyl halides is 6. The van der Waals surface area contributed by atoms with E-state index in [0.717, 1.165) is 20.1 Å². The average Bonchev–Trinajstić information content (AvgIpc) is 2.97. The summed E-state index contributed by atoms with van der Waals surface area (Å²) in [5.74, 6) is -0.889. The van der Waals surface area contributed by atoms with Crippen molar-refractivity contribution in [3.8, 4) is 11.1 Å². The number of benzene rings is 3. The zero-order valence-electron chi connectivity index (χ0n) is 25.4. The maximum atomic E-state index is 14.8. The van der Waals surface area contributed by atoms with Crippen molar-refractivity contribution in [1.29, 1.82) is 0 Å². The molecule has 46 heavy (non-hydrogen) atoms. The normalized spacial score (nSPS) is 15.2. The maximum Gasteiger partial charge on any atom is 0.407 e. The lowest BCUT2D eigenvalue weighted by Gasteiger charge is -2.30. The van der Waals surface area contributed by atoms with Gasteiger partial charge in [0.1, 0.15) is 17.8 Å². The number of rotatable bonds is 14. The smallest absolute Gasteiger partial charge is 0.382 e. The first-order valence-electron chi connectivity index (χ1n) is 14.2. The van der Waals surface area contributed by atoms with E-state index in [1.54, 1.807) is 12.1 Å².